The lowest BCUT2D eigenvalue weighted by Crippen LogP contribution is -2.17. The Labute approximate surface area is 128 Å². The molecule has 3 unspecified atom stereocenters. The van der Waals surface area contributed by atoms with Crippen LogP contribution in [0.2, 0.25) is 0 Å². The highest BCUT2D eigenvalue weighted by atomic mass is 31.1. The molecule has 0 bridgehead atoms. The van der Waals surface area contributed by atoms with Gasteiger partial charge in [-0.1, -0.05) is 31.9 Å². The van der Waals surface area contributed by atoms with Gasteiger partial charge in [-0.15, -0.1) is 0 Å². The molecule has 3 N–H and O–H groups in total. The average molecular weight is 312 g/mol. The van der Waals surface area contributed by atoms with Gasteiger partial charge in [0.2, 0.25) is 5.66 Å². The normalized spacial score (nSPS) is 14.6. The first-order valence-electron chi connectivity index (χ1n) is 7.65. The number of ether oxygens (including phenoxy) is 1. The molecule has 0 radical (unpaired) electrons. The van der Waals surface area contributed by atoms with Gasteiger partial charge in [-0.3, -0.25) is 0 Å². The summed E-state index contributed by atoms with van der Waals surface area (Å²) in [7, 11) is -2.19. The second-order valence-corrected chi connectivity index (χ2v) is 6.92. The molecular formula is C16H27NO3P+. The standard InChI is InChI=1S/C16H26NO3P/c1-3-4-5-6-16(21(18)19)12-20-15-9-7-14(8-10-15)11-13(2)17/h7-10,13,16H,3-6,11-12,17H2,1-2H3/p+1. The monoisotopic (exact) mass is 312 g/mol. The van der Waals surface area contributed by atoms with Gasteiger partial charge < -0.3 is 10.5 Å². The van der Waals surface area contributed by atoms with Crippen molar-refractivity contribution >= 4 is 8.03 Å². The maximum Gasteiger partial charge on any atom is 0.512 e. The van der Waals surface area contributed by atoms with E-state index >= 15 is 0 Å². The van der Waals surface area contributed by atoms with Crippen LogP contribution in [0.5, 0.6) is 5.75 Å². The van der Waals surface area contributed by atoms with Gasteiger partial charge in [-0.25, -0.2) is 0 Å². The lowest BCUT2D eigenvalue weighted by molar-refractivity contribution is 0.299. The quantitative estimate of drug-likeness (QED) is 0.511. The van der Waals surface area contributed by atoms with Crippen LogP contribution >= 0.6 is 8.03 Å². The second kappa shape index (κ2) is 9.88. The van der Waals surface area contributed by atoms with E-state index in [1.807, 2.05) is 31.2 Å². The molecule has 0 spiro atoms. The topological polar surface area (TPSA) is 72.5 Å². The molecular weight excluding hydrogens is 285 g/mol. The molecule has 118 valence electrons. The molecule has 0 fully saturated rings. The Kier molecular flexibility index (Phi) is 8.51. The molecule has 1 rings (SSSR count). The molecule has 3 atom stereocenters. The maximum atomic E-state index is 11.3. The highest BCUT2D eigenvalue weighted by Crippen LogP contribution is 2.28. The van der Waals surface area contributed by atoms with E-state index in [1.54, 1.807) is 0 Å². The second-order valence-electron chi connectivity index (χ2n) is 5.59. The summed E-state index contributed by atoms with van der Waals surface area (Å²) in [5.74, 6) is 0.737. The van der Waals surface area contributed by atoms with Crippen molar-refractivity contribution in [2.45, 2.75) is 57.7 Å². The third-order valence-electron chi connectivity index (χ3n) is 3.38. The van der Waals surface area contributed by atoms with Crippen LogP contribution in [0.4, 0.5) is 0 Å². The van der Waals surface area contributed by atoms with Gasteiger partial charge in [-0.05, 0) is 42.0 Å². The third kappa shape index (κ3) is 7.56. The van der Waals surface area contributed by atoms with Crippen molar-refractivity contribution in [2.24, 2.45) is 5.73 Å². The van der Waals surface area contributed by atoms with Crippen LogP contribution in [0.25, 0.3) is 0 Å². The molecule has 0 aliphatic rings. The van der Waals surface area contributed by atoms with Crippen LogP contribution in [-0.4, -0.2) is 23.2 Å². The van der Waals surface area contributed by atoms with E-state index in [4.69, 9.17) is 10.5 Å². The zero-order valence-electron chi connectivity index (χ0n) is 13.0. The Bertz CT molecular complexity index is 420. The van der Waals surface area contributed by atoms with Crippen LogP contribution < -0.4 is 10.5 Å². The zero-order chi connectivity index (χ0) is 15.7. The molecule has 5 heteroatoms. The van der Waals surface area contributed by atoms with Gasteiger partial charge in [-0.2, -0.15) is 4.89 Å². The smallest absolute Gasteiger partial charge is 0.489 e. The zero-order valence-corrected chi connectivity index (χ0v) is 13.9. The predicted octanol–water partition coefficient (Wildman–Crippen LogP) is 3.64. The summed E-state index contributed by atoms with van der Waals surface area (Å²) in [5.41, 5.74) is 6.65. The average Bonchev–Trinajstić information content (AvgIpc) is 2.43. The van der Waals surface area contributed by atoms with Gasteiger partial charge in [0.25, 0.3) is 0 Å². The largest absolute Gasteiger partial charge is 0.512 e. The van der Waals surface area contributed by atoms with Crippen molar-refractivity contribution in [2.75, 3.05) is 6.61 Å². The Morgan fingerprint density at radius 1 is 1.29 bits per heavy atom. The molecule has 0 aliphatic carbocycles. The Morgan fingerprint density at radius 3 is 2.48 bits per heavy atom. The number of benzene rings is 1. The van der Waals surface area contributed by atoms with Crippen LogP contribution in [0.3, 0.4) is 0 Å². The Hall–Kier alpha value is -0.960. The first-order valence-corrected chi connectivity index (χ1v) is 8.93. The van der Waals surface area contributed by atoms with E-state index in [2.05, 4.69) is 6.92 Å². The lowest BCUT2D eigenvalue weighted by Gasteiger charge is -2.10. The first-order chi connectivity index (χ1) is 10.0. The minimum Gasteiger partial charge on any atom is -0.489 e. The molecule has 0 amide bonds. The fourth-order valence-corrected chi connectivity index (χ4v) is 2.78. The van der Waals surface area contributed by atoms with Gasteiger partial charge >= 0.3 is 8.03 Å². The summed E-state index contributed by atoms with van der Waals surface area (Å²) >= 11 is 0. The summed E-state index contributed by atoms with van der Waals surface area (Å²) in [6.07, 6.45) is 4.74. The molecule has 0 aromatic heterocycles. The fourth-order valence-electron chi connectivity index (χ4n) is 2.17. The highest BCUT2D eigenvalue weighted by molar-refractivity contribution is 7.38. The molecule has 0 heterocycles. The predicted molar refractivity (Wildman–Crippen MR) is 87.0 cm³/mol. The van der Waals surface area contributed by atoms with Gasteiger partial charge in [0.15, 0.2) is 0 Å². The van der Waals surface area contributed by atoms with Crippen LogP contribution in [0.1, 0.15) is 45.1 Å². The molecule has 21 heavy (non-hydrogen) atoms. The minimum atomic E-state index is -2.19. The number of nitrogens with two attached hydrogens (primary N) is 1. The minimum absolute atomic E-state index is 0.137. The first kappa shape index (κ1) is 18.1. The van der Waals surface area contributed by atoms with E-state index in [1.165, 1.54) is 5.56 Å². The summed E-state index contributed by atoms with van der Waals surface area (Å²) in [5, 5.41) is 0. The van der Waals surface area contributed by atoms with Crippen LogP contribution in [0, 0.1) is 0 Å². The van der Waals surface area contributed by atoms with Crippen molar-refractivity contribution in [3.05, 3.63) is 29.8 Å². The summed E-state index contributed by atoms with van der Waals surface area (Å²) in [6, 6.07) is 7.91. The van der Waals surface area contributed by atoms with E-state index < -0.39 is 8.03 Å². The summed E-state index contributed by atoms with van der Waals surface area (Å²) < 4.78 is 17.0. The van der Waals surface area contributed by atoms with Crippen molar-refractivity contribution in [1.29, 1.82) is 0 Å². The summed E-state index contributed by atoms with van der Waals surface area (Å²) in [4.78, 5) is 9.35. The van der Waals surface area contributed by atoms with Crippen molar-refractivity contribution < 1.29 is 14.2 Å². The van der Waals surface area contributed by atoms with Crippen molar-refractivity contribution in [1.82, 2.24) is 0 Å². The number of hydrogen-bond acceptors (Lipinski definition) is 3. The molecule has 0 saturated heterocycles. The Balaban J connectivity index is 2.45. The SMILES string of the molecule is CCCCCC(COc1ccc(CC(C)N)cc1)[P+](=O)O. The number of unbranched alkanes of at least 4 members (excludes halogenated alkanes) is 2. The van der Waals surface area contributed by atoms with E-state index in [0.717, 1.165) is 37.9 Å². The van der Waals surface area contributed by atoms with E-state index in [-0.39, 0.29) is 11.7 Å². The highest BCUT2D eigenvalue weighted by Gasteiger charge is 2.29. The van der Waals surface area contributed by atoms with E-state index in [9.17, 15) is 9.46 Å². The van der Waals surface area contributed by atoms with Crippen molar-refractivity contribution in [3.8, 4) is 5.75 Å². The van der Waals surface area contributed by atoms with Gasteiger partial charge in [0.1, 0.15) is 12.4 Å². The molecule has 1 aromatic carbocycles. The molecule has 0 saturated carbocycles. The molecule has 4 nitrogen and oxygen atoms in total. The van der Waals surface area contributed by atoms with Crippen molar-refractivity contribution in [3.63, 3.8) is 0 Å². The van der Waals surface area contributed by atoms with Gasteiger partial charge in [0.05, 0.1) is 0 Å². The lowest BCUT2D eigenvalue weighted by atomic mass is 10.1. The third-order valence-corrected chi connectivity index (χ3v) is 4.41. The Morgan fingerprint density at radius 2 is 1.95 bits per heavy atom. The molecule has 1 aromatic rings. The number of rotatable bonds is 10. The fraction of sp³-hybridized carbons (Fsp3) is 0.625. The van der Waals surface area contributed by atoms with E-state index in [0.29, 0.717) is 6.61 Å². The van der Waals surface area contributed by atoms with Crippen LogP contribution in [0.15, 0.2) is 24.3 Å². The molecule has 0 aliphatic heterocycles. The maximum absolute atomic E-state index is 11.3. The summed E-state index contributed by atoms with van der Waals surface area (Å²) in [6.45, 7) is 4.39. The van der Waals surface area contributed by atoms with Crippen LogP contribution in [-0.2, 0) is 11.0 Å². The number of hydrogen-bond donors (Lipinski definition) is 2. The van der Waals surface area contributed by atoms with Gasteiger partial charge in [0, 0.05) is 12.5 Å².